The molecule has 0 radical (unpaired) electrons. The number of methoxy groups -OCH3 is 1. The molecule has 1 aliphatic rings. The van der Waals surface area contributed by atoms with Crippen molar-refractivity contribution in [1.29, 1.82) is 0 Å². The number of nitrogens with zero attached hydrogens (tertiary/aromatic N) is 1. The van der Waals surface area contributed by atoms with Gasteiger partial charge < -0.3 is 25.2 Å². The van der Waals surface area contributed by atoms with Crippen LogP contribution in [0, 0.1) is 5.92 Å². The summed E-state index contributed by atoms with van der Waals surface area (Å²) in [5.41, 5.74) is 0. The number of ether oxygens (including phenoxy) is 1. The van der Waals surface area contributed by atoms with Gasteiger partial charge >= 0.3 is 5.97 Å². The summed E-state index contributed by atoms with van der Waals surface area (Å²) in [5, 5.41) is 19.8. The highest BCUT2D eigenvalue weighted by Crippen LogP contribution is 2.17. The molecule has 19 heavy (non-hydrogen) atoms. The monoisotopic (exact) mass is 274 g/mol. The second-order valence-electron chi connectivity index (χ2n) is 4.33. The summed E-state index contributed by atoms with van der Waals surface area (Å²) < 4.78 is 4.86. The number of likely N-dealkylation sites (tertiary alicyclic amines) is 1. The first kappa shape index (κ1) is 15.4. The number of aliphatic hydroxyl groups excluding tert-OH is 1. The van der Waals surface area contributed by atoms with Crippen molar-refractivity contribution in [2.24, 2.45) is 5.92 Å². The molecular weight excluding hydrogens is 256 g/mol. The minimum absolute atomic E-state index is 0.0959. The van der Waals surface area contributed by atoms with Crippen LogP contribution in [0.3, 0.4) is 0 Å². The molecule has 8 nitrogen and oxygen atoms in total. The van der Waals surface area contributed by atoms with E-state index in [-0.39, 0.29) is 25.4 Å². The maximum Gasteiger partial charge on any atom is 0.334 e. The number of carboxylic acid groups (broad SMARTS) is 1. The lowest BCUT2D eigenvalue weighted by Crippen LogP contribution is -2.40. The van der Waals surface area contributed by atoms with Crippen LogP contribution in [0.15, 0.2) is 0 Å². The standard InChI is InChI=1S/C11H18N2O6/c1-19-3-2-13-6-7(4-9(13)15)10(16)12-5-8(14)11(17)18/h7-8,14H,2-6H2,1H3,(H,12,16)(H,17,18)/t7?,8-/m0/s1. The molecule has 1 aliphatic heterocycles. The largest absolute Gasteiger partial charge is 0.479 e. The van der Waals surface area contributed by atoms with Gasteiger partial charge in [-0.2, -0.15) is 0 Å². The fourth-order valence-corrected chi connectivity index (χ4v) is 1.79. The fraction of sp³-hybridized carbons (Fsp3) is 0.727. The lowest BCUT2D eigenvalue weighted by atomic mass is 10.1. The van der Waals surface area contributed by atoms with Crippen LogP contribution in [0.2, 0.25) is 0 Å². The third-order valence-electron chi connectivity index (χ3n) is 2.91. The molecule has 0 aromatic heterocycles. The molecule has 3 N–H and O–H groups in total. The number of nitrogens with one attached hydrogen (secondary N) is 1. The van der Waals surface area contributed by atoms with Gasteiger partial charge in [0.15, 0.2) is 6.10 Å². The van der Waals surface area contributed by atoms with E-state index in [1.54, 1.807) is 0 Å². The topological polar surface area (TPSA) is 116 Å². The van der Waals surface area contributed by atoms with E-state index in [2.05, 4.69) is 5.32 Å². The first-order valence-corrected chi connectivity index (χ1v) is 5.91. The molecule has 2 amide bonds. The number of hydrogen-bond donors (Lipinski definition) is 3. The molecule has 0 saturated carbocycles. The van der Waals surface area contributed by atoms with Gasteiger partial charge in [-0.3, -0.25) is 9.59 Å². The Morgan fingerprint density at radius 1 is 1.58 bits per heavy atom. The Balaban J connectivity index is 2.38. The van der Waals surface area contributed by atoms with E-state index in [1.165, 1.54) is 12.0 Å². The Kier molecular flexibility index (Phi) is 5.71. The number of aliphatic hydroxyl groups is 1. The Hall–Kier alpha value is -1.67. The van der Waals surface area contributed by atoms with Gasteiger partial charge in [-0.05, 0) is 0 Å². The van der Waals surface area contributed by atoms with Crippen molar-refractivity contribution in [2.45, 2.75) is 12.5 Å². The Morgan fingerprint density at radius 2 is 2.26 bits per heavy atom. The van der Waals surface area contributed by atoms with Gasteiger partial charge in [-0.25, -0.2) is 4.79 Å². The zero-order chi connectivity index (χ0) is 14.4. The van der Waals surface area contributed by atoms with Gasteiger partial charge in [-0.1, -0.05) is 0 Å². The number of amides is 2. The molecule has 1 unspecified atom stereocenters. The van der Waals surface area contributed by atoms with Crippen LogP contribution in [0.5, 0.6) is 0 Å². The molecule has 0 bridgehead atoms. The molecule has 0 aliphatic carbocycles. The first-order chi connectivity index (χ1) is 8.95. The number of rotatable bonds is 7. The summed E-state index contributed by atoms with van der Waals surface area (Å²) in [6.45, 7) is 0.753. The molecule has 1 saturated heterocycles. The Morgan fingerprint density at radius 3 is 2.84 bits per heavy atom. The van der Waals surface area contributed by atoms with Crippen LogP contribution in [-0.2, 0) is 19.1 Å². The third kappa shape index (κ3) is 4.49. The number of aliphatic carboxylic acids is 1. The molecule has 1 fully saturated rings. The predicted molar refractivity (Wildman–Crippen MR) is 63.2 cm³/mol. The van der Waals surface area contributed by atoms with Crippen molar-refractivity contribution in [2.75, 3.05) is 33.4 Å². The highest BCUT2D eigenvalue weighted by molar-refractivity contribution is 5.89. The zero-order valence-corrected chi connectivity index (χ0v) is 10.7. The molecule has 1 rings (SSSR count). The van der Waals surface area contributed by atoms with Crippen LogP contribution in [0.1, 0.15) is 6.42 Å². The zero-order valence-electron chi connectivity index (χ0n) is 10.7. The van der Waals surface area contributed by atoms with E-state index in [0.717, 1.165) is 0 Å². The average molecular weight is 274 g/mol. The molecule has 2 atom stereocenters. The van der Waals surface area contributed by atoms with E-state index < -0.39 is 23.9 Å². The lowest BCUT2D eigenvalue weighted by Gasteiger charge is -2.16. The Labute approximate surface area is 110 Å². The molecule has 1 heterocycles. The Bertz CT molecular complexity index is 359. The summed E-state index contributed by atoms with van der Waals surface area (Å²) >= 11 is 0. The van der Waals surface area contributed by atoms with Gasteiger partial charge in [0.25, 0.3) is 0 Å². The number of carbonyl (C=O) groups excluding carboxylic acids is 2. The summed E-state index contributed by atoms with van der Waals surface area (Å²) in [4.78, 5) is 35.2. The molecule has 108 valence electrons. The second-order valence-corrected chi connectivity index (χ2v) is 4.33. The number of carbonyl (C=O) groups is 3. The van der Waals surface area contributed by atoms with Crippen LogP contribution >= 0.6 is 0 Å². The van der Waals surface area contributed by atoms with Gasteiger partial charge in [-0.15, -0.1) is 0 Å². The molecular formula is C11H18N2O6. The van der Waals surface area contributed by atoms with Gasteiger partial charge in [0.05, 0.1) is 19.1 Å². The van der Waals surface area contributed by atoms with Crippen molar-refractivity contribution in [3.05, 3.63) is 0 Å². The summed E-state index contributed by atoms with van der Waals surface area (Å²) in [6, 6.07) is 0. The van der Waals surface area contributed by atoms with E-state index in [1.807, 2.05) is 0 Å². The van der Waals surface area contributed by atoms with E-state index in [4.69, 9.17) is 14.9 Å². The van der Waals surface area contributed by atoms with Crippen molar-refractivity contribution in [3.63, 3.8) is 0 Å². The van der Waals surface area contributed by atoms with E-state index in [0.29, 0.717) is 13.2 Å². The van der Waals surface area contributed by atoms with Crippen molar-refractivity contribution < 1.29 is 29.3 Å². The fourth-order valence-electron chi connectivity index (χ4n) is 1.79. The van der Waals surface area contributed by atoms with Crippen molar-refractivity contribution >= 4 is 17.8 Å². The van der Waals surface area contributed by atoms with Gasteiger partial charge in [0.1, 0.15) is 0 Å². The van der Waals surface area contributed by atoms with E-state index >= 15 is 0 Å². The maximum absolute atomic E-state index is 11.7. The molecule has 0 spiro atoms. The summed E-state index contributed by atoms with van der Waals surface area (Å²) in [5.74, 6) is -2.46. The van der Waals surface area contributed by atoms with Gasteiger partial charge in [0, 0.05) is 26.6 Å². The number of carboxylic acids is 1. The van der Waals surface area contributed by atoms with Gasteiger partial charge in [0.2, 0.25) is 11.8 Å². The minimum atomic E-state index is -1.63. The maximum atomic E-state index is 11.7. The minimum Gasteiger partial charge on any atom is -0.479 e. The normalized spacial score (nSPS) is 20.4. The van der Waals surface area contributed by atoms with E-state index in [9.17, 15) is 14.4 Å². The highest BCUT2D eigenvalue weighted by Gasteiger charge is 2.34. The van der Waals surface area contributed by atoms with Crippen LogP contribution in [0.4, 0.5) is 0 Å². The lowest BCUT2D eigenvalue weighted by molar-refractivity contribution is -0.146. The van der Waals surface area contributed by atoms with Crippen LogP contribution in [-0.4, -0.2) is 72.4 Å². The average Bonchev–Trinajstić information content (AvgIpc) is 2.74. The highest BCUT2D eigenvalue weighted by atomic mass is 16.5. The third-order valence-corrected chi connectivity index (χ3v) is 2.91. The molecule has 8 heteroatoms. The quantitative estimate of drug-likeness (QED) is 0.496. The van der Waals surface area contributed by atoms with Crippen molar-refractivity contribution in [3.8, 4) is 0 Å². The smallest absolute Gasteiger partial charge is 0.334 e. The molecule has 0 aromatic rings. The molecule has 0 aromatic carbocycles. The second kappa shape index (κ2) is 7.05. The SMILES string of the molecule is COCCN1CC(C(=O)NC[C@H](O)C(=O)O)CC1=O. The predicted octanol–water partition coefficient (Wildman–Crippen LogP) is -1.96. The summed E-state index contributed by atoms with van der Waals surface area (Å²) in [7, 11) is 1.53. The van der Waals surface area contributed by atoms with Crippen molar-refractivity contribution in [1.82, 2.24) is 10.2 Å². The van der Waals surface area contributed by atoms with Crippen LogP contribution in [0.25, 0.3) is 0 Å². The number of hydrogen-bond acceptors (Lipinski definition) is 5. The first-order valence-electron chi connectivity index (χ1n) is 5.91. The van der Waals surface area contributed by atoms with Crippen LogP contribution < -0.4 is 5.32 Å². The summed E-state index contributed by atoms with van der Waals surface area (Å²) in [6.07, 6.45) is -1.54.